The zero-order valence-corrected chi connectivity index (χ0v) is 8.82. The first-order valence-electron chi connectivity index (χ1n) is 5.61. The van der Waals surface area contributed by atoms with E-state index in [0.29, 0.717) is 11.7 Å². The molecular formula is C10H18N4O. The van der Waals surface area contributed by atoms with Gasteiger partial charge in [0, 0.05) is 12.5 Å². The van der Waals surface area contributed by atoms with Gasteiger partial charge in [0.2, 0.25) is 0 Å². The minimum atomic E-state index is -0.737. The number of aromatic nitrogens is 3. The quantitative estimate of drug-likeness (QED) is 0.690. The van der Waals surface area contributed by atoms with Crippen molar-refractivity contribution in [1.29, 1.82) is 0 Å². The van der Waals surface area contributed by atoms with Crippen molar-refractivity contribution < 1.29 is 5.11 Å². The largest absolute Gasteiger partial charge is 0.384 e. The first-order valence-corrected chi connectivity index (χ1v) is 5.61. The summed E-state index contributed by atoms with van der Waals surface area (Å²) in [6.45, 7) is 0.169. The van der Waals surface area contributed by atoms with Gasteiger partial charge in [-0.15, -0.1) is 0 Å². The lowest BCUT2D eigenvalue weighted by Gasteiger charge is -2.18. The van der Waals surface area contributed by atoms with Crippen LogP contribution in [0.25, 0.3) is 0 Å². The second kappa shape index (κ2) is 4.72. The molecule has 2 rings (SSSR count). The SMILES string of the molecule is NCC(O)c1n[nH]c(C2CCCCC2)n1. The van der Waals surface area contributed by atoms with Crippen LogP contribution in [-0.2, 0) is 0 Å². The highest BCUT2D eigenvalue weighted by atomic mass is 16.3. The Kier molecular flexibility index (Phi) is 3.33. The van der Waals surface area contributed by atoms with Crippen molar-refractivity contribution in [2.75, 3.05) is 6.54 Å². The smallest absolute Gasteiger partial charge is 0.180 e. The van der Waals surface area contributed by atoms with E-state index in [1.165, 1.54) is 32.1 Å². The molecule has 1 aliphatic carbocycles. The summed E-state index contributed by atoms with van der Waals surface area (Å²) >= 11 is 0. The molecule has 0 saturated heterocycles. The summed E-state index contributed by atoms with van der Waals surface area (Å²) in [5.41, 5.74) is 5.35. The van der Waals surface area contributed by atoms with Crippen molar-refractivity contribution in [3.63, 3.8) is 0 Å². The van der Waals surface area contributed by atoms with E-state index in [2.05, 4.69) is 15.2 Å². The third-order valence-corrected chi connectivity index (χ3v) is 3.03. The van der Waals surface area contributed by atoms with Crippen LogP contribution >= 0.6 is 0 Å². The number of nitrogens with zero attached hydrogens (tertiary/aromatic N) is 2. The summed E-state index contributed by atoms with van der Waals surface area (Å²) < 4.78 is 0. The van der Waals surface area contributed by atoms with E-state index in [-0.39, 0.29) is 6.54 Å². The van der Waals surface area contributed by atoms with Gasteiger partial charge in [0.05, 0.1) is 0 Å². The molecule has 0 bridgehead atoms. The zero-order valence-electron chi connectivity index (χ0n) is 8.82. The molecule has 5 heteroatoms. The van der Waals surface area contributed by atoms with Gasteiger partial charge in [-0.2, -0.15) is 5.10 Å². The summed E-state index contributed by atoms with van der Waals surface area (Å²) in [4.78, 5) is 4.31. The van der Waals surface area contributed by atoms with Crippen LogP contribution in [0, 0.1) is 0 Å². The first-order chi connectivity index (χ1) is 7.31. The third kappa shape index (κ3) is 2.35. The van der Waals surface area contributed by atoms with Crippen LogP contribution in [0.2, 0.25) is 0 Å². The topological polar surface area (TPSA) is 87.8 Å². The molecule has 1 aromatic heterocycles. The van der Waals surface area contributed by atoms with Crippen LogP contribution in [0.4, 0.5) is 0 Å². The number of H-pyrrole nitrogens is 1. The third-order valence-electron chi connectivity index (χ3n) is 3.03. The van der Waals surface area contributed by atoms with Crippen molar-refractivity contribution in [3.05, 3.63) is 11.6 Å². The van der Waals surface area contributed by atoms with E-state index in [4.69, 9.17) is 5.73 Å². The molecule has 0 radical (unpaired) electrons. The maximum Gasteiger partial charge on any atom is 0.180 e. The Morgan fingerprint density at radius 3 is 2.80 bits per heavy atom. The fraction of sp³-hybridized carbons (Fsp3) is 0.800. The number of hydrogen-bond donors (Lipinski definition) is 3. The maximum absolute atomic E-state index is 9.47. The van der Waals surface area contributed by atoms with Crippen molar-refractivity contribution in [1.82, 2.24) is 15.2 Å². The number of aromatic amines is 1. The number of aliphatic hydroxyl groups is 1. The summed E-state index contributed by atoms with van der Waals surface area (Å²) in [7, 11) is 0. The van der Waals surface area contributed by atoms with Gasteiger partial charge in [0.25, 0.3) is 0 Å². The van der Waals surface area contributed by atoms with E-state index in [9.17, 15) is 5.11 Å². The molecule has 0 aliphatic heterocycles. The monoisotopic (exact) mass is 210 g/mol. The molecule has 0 spiro atoms. The second-order valence-corrected chi connectivity index (χ2v) is 4.17. The van der Waals surface area contributed by atoms with Gasteiger partial charge in [-0.25, -0.2) is 4.98 Å². The van der Waals surface area contributed by atoms with Gasteiger partial charge >= 0.3 is 0 Å². The zero-order chi connectivity index (χ0) is 10.7. The Bertz CT molecular complexity index is 306. The lowest BCUT2D eigenvalue weighted by Crippen LogP contribution is -2.13. The maximum atomic E-state index is 9.47. The molecule has 5 nitrogen and oxygen atoms in total. The Morgan fingerprint density at radius 2 is 2.13 bits per heavy atom. The van der Waals surface area contributed by atoms with Crippen molar-refractivity contribution in [3.8, 4) is 0 Å². The number of hydrogen-bond acceptors (Lipinski definition) is 4. The molecule has 0 amide bonds. The molecule has 15 heavy (non-hydrogen) atoms. The van der Waals surface area contributed by atoms with Crippen LogP contribution < -0.4 is 5.73 Å². The number of rotatable bonds is 3. The lowest BCUT2D eigenvalue weighted by molar-refractivity contribution is 0.177. The summed E-state index contributed by atoms with van der Waals surface area (Å²) in [6, 6.07) is 0. The average Bonchev–Trinajstić information content (AvgIpc) is 2.78. The second-order valence-electron chi connectivity index (χ2n) is 4.17. The van der Waals surface area contributed by atoms with Gasteiger partial charge in [0.15, 0.2) is 5.82 Å². The van der Waals surface area contributed by atoms with Crippen LogP contribution in [0.3, 0.4) is 0 Å². The molecule has 4 N–H and O–H groups in total. The van der Waals surface area contributed by atoms with Crippen LogP contribution in [0.15, 0.2) is 0 Å². The molecule has 1 unspecified atom stereocenters. The molecule has 1 heterocycles. The van der Waals surface area contributed by atoms with E-state index in [0.717, 1.165) is 5.82 Å². The Balaban J connectivity index is 2.05. The fourth-order valence-corrected chi connectivity index (χ4v) is 2.10. The van der Waals surface area contributed by atoms with E-state index in [1.807, 2.05) is 0 Å². The molecule has 1 aliphatic rings. The highest BCUT2D eigenvalue weighted by Crippen LogP contribution is 2.30. The van der Waals surface area contributed by atoms with Crippen molar-refractivity contribution in [2.45, 2.75) is 44.1 Å². The van der Waals surface area contributed by atoms with Gasteiger partial charge in [-0.3, -0.25) is 5.10 Å². The lowest BCUT2D eigenvalue weighted by atomic mass is 9.89. The average molecular weight is 210 g/mol. The minimum absolute atomic E-state index is 0.169. The summed E-state index contributed by atoms with van der Waals surface area (Å²) in [6.07, 6.45) is 5.46. The van der Waals surface area contributed by atoms with Crippen LogP contribution in [0.5, 0.6) is 0 Å². The van der Waals surface area contributed by atoms with Gasteiger partial charge in [-0.1, -0.05) is 19.3 Å². The Hall–Kier alpha value is -0.940. The predicted molar refractivity (Wildman–Crippen MR) is 56.2 cm³/mol. The molecule has 1 aromatic rings. The molecule has 0 aromatic carbocycles. The minimum Gasteiger partial charge on any atom is -0.384 e. The summed E-state index contributed by atoms with van der Waals surface area (Å²) in [5.74, 6) is 1.83. The van der Waals surface area contributed by atoms with E-state index >= 15 is 0 Å². The van der Waals surface area contributed by atoms with Gasteiger partial charge < -0.3 is 10.8 Å². The molecule has 1 saturated carbocycles. The van der Waals surface area contributed by atoms with Crippen LogP contribution in [-0.4, -0.2) is 26.8 Å². The van der Waals surface area contributed by atoms with E-state index < -0.39 is 6.10 Å². The van der Waals surface area contributed by atoms with Crippen LogP contribution in [0.1, 0.15) is 55.8 Å². The molecule has 1 fully saturated rings. The van der Waals surface area contributed by atoms with Crippen molar-refractivity contribution >= 4 is 0 Å². The predicted octanol–water partition coefficient (Wildman–Crippen LogP) is 0.844. The summed E-state index contributed by atoms with van der Waals surface area (Å²) in [5, 5.41) is 16.4. The van der Waals surface area contributed by atoms with Gasteiger partial charge in [0.1, 0.15) is 11.9 Å². The molecule has 84 valence electrons. The highest BCUT2D eigenvalue weighted by Gasteiger charge is 2.20. The fourth-order valence-electron chi connectivity index (χ4n) is 2.10. The number of nitrogens with one attached hydrogen (secondary N) is 1. The van der Waals surface area contributed by atoms with Crippen molar-refractivity contribution in [2.24, 2.45) is 5.73 Å². The normalized spacial score (nSPS) is 20.4. The Labute approximate surface area is 89.1 Å². The highest BCUT2D eigenvalue weighted by molar-refractivity contribution is 5.01. The van der Waals surface area contributed by atoms with E-state index in [1.54, 1.807) is 0 Å². The number of nitrogens with two attached hydrogens (primary N) is 1. The van der Waals surface area contributed by atoms with Gasteiger partial charge in [-0.05, 0) is 12.8 Å². The first kappa shape index (κ1) is 10.6. The standard InChI is InChI=1S/C10H18N4O/c11-6-8(15)10-12-9(13-14-10)7-4-2-1-3-5-7/h7-8,15H,1-6,11H2,(H,12,13,14). The Morgan fingerprint density at radius 1 is 1.40 bits per heavy atom. The molecular weight excluding hydrogens is 192 g/mol. The molecule has 1 atom stereocenters. The number of aliphatic hydroxyl groups excluding tert-OH is 1.